The molecule has 0 spiro atoms. The first kappa shape index (κ1) is 13.4. The number of aromatic nitrogens is 2. The molecule has 102 valence electrons. The Hall–Kier alpha value is -1.03. The number of hydrogen-bond acceptors (Lipinski definition) is 3. The monoisotopic (exact) mass is 250 g/mol. The molecule has 2 rings (SSSR count). The minimum absolute atomic E-state index is 0.745. The summed E-state index contributed by atoms with van der Waals surface area (Å²) in [5.41, 5.74) is 2.54. The van der Waals surface area contributed by atoms with Crippen LogP contribution >= 0.6 is 0 Å². The Morgan fingerprint density at radius 2 is 2.11 bits per heavy atom. The Morgan fingerprint density at radius 3 is 2.67 bits per heavy atom. The van der Waals surface area contributed by atoms with Crippen molar-refractivity contribution in [3.05, 3.63) is 11.3 Å². The molecular weight excluding hydrogens is 224 g/mol. The minimum atomic E-state index is 0.745. The highest BCUT2D eigenvalue weighted by Gasteiger charge is 2.31. The van der Waals surface area contributed by atoms with E-state index < -0.39 is 0 Å². The molecule has 1 heterocycles. The van der Waals surface area contributed by atoms with Crippen molar-refractivity contribution in [1.82, 2.24) is 15.1 Å². The summed E-state index contributed by atoms with van der Waals surface area (Å²) in [6.07, 6.45) is 3.84. The average molecular weight is 250 g/mol. The van der Waals surface area contributed by atoms with E-state index in [4.69, 9.17) is 0 Å². The van der Waals surface area contributed by atoms with Gasteiger partial charge < -0.3 is 10.2 Å². The molecule has 1 aliphatic rings. The highest BCUT2D eigenvalue weighted by molar-refractivity contribution is 5.52. The fraction of sp³-hybridized carbons (Fsp3) is 0.786. The van der Waals surface area contributed by atoms with E-state index in [1.807, 2.05) is 0 Å². The van der Waals surface area contributed by atoms with Gasteiger partial charge in [-0.25, -0.2) is 0 Å². The topological polar surface area (TPSA) is 33.1 Å². The first-order valence-corrected chi connectivity index (χ1v) is 7.18. The summed E-state index contributed by atoms with van der Waals surface area (Å²) in [5.74, 6) is 1.32. The molecule has 1 aliphatic carbocycles. The van der Waals surface area contributed by atoms with Gasteiger partial charge in [0.25, 0.3) is 0 Å². The van der Waals surface area contributed by atoms with Crippen LogP contribution in [0, 0.1) is 6.92 Å². The van der Waals surface area contributed by atoms with Crippen molar-refractivity contribution in [2.75, 3.05) is 18.0 Å². The number of hydrogen-bond donors (Lipinski definition) is 1. The Balaban J connectivity index is 2.20. The molecule has 1 fully saturated rings. The zero-order valence-corrected chi connectivity index (χ0v) is 12.2. The standard InChI is InChI=1S/C14H26N4/c1-5-9-15-10-13-11(3)16-17(4)14(13)18(6-2)12-7-8-12/h12,15H,5-10H2,1-4H3. The van der Waals surface area contributed by atoms with Crippen molar-refractivity contribution >= 4 is 5.82 Å². The fourth-order valence-electron chi connectivity index (χ4n) is 2.61. The first-order valence-electron chi connectivity index (χ1n) is 7.18. The zero-order valence-electron chi connectivity index (χ0n) is 12.2. The molecule has 0 bridgehead atoms. The third-order valence-electron chi connectivity index (χ3n) is 3.64. The lowest BCUT2D eigenvalue weighted by molar-refractivity contribution is 0.665. The molecule has 0 saturated heterocycles. The highest BCUT2D eigenvalue weighted by Crippen LogP contribution is 2.34. The van der Waals surface area contributed by atoms with Crippen molar-refractivity contribution < 1.29 is 0 Å². The summed E-state index contributed by atoms with van der Waals surface area (Å²) >= 11 is 0. The Kier molecular flexibility index (Phi) is 4.27. The van der Waals surface area contributed by atoms with Crippen molar-refractivity contribution in [3.8, 4) is 0 Å². The second-order valence-electron chi connectivity index (χ2n) is 5.21. The molecule has 18 heavy (non-hydrogen) atoms. The number of nitrogens with one attached hydrogen (secondary N) is 1. The van der Waals surface area contributed by atoms with Gasteiger partial charge >= 0.3 is 0 Å². The van der Waals surface area contributed by atoms with Crippen LogP contribution in [0.4, 0.5) is 5.82 Å². The van der Waals surface area contributed by atoms with Crippen molar-refractivity contribution in [3.63, 3.8) is 0 Å². The Morgan fingerprint density at radius 1 is 1.39 bits per heavy atom. The van der Waals surface area contributed by atoms with Crippen LogP contribution in [-0.2, 0) is 13.6 Å². The summed E-state index contributed by atoms with van der Waals surface area (Å²) < 4.78 is 2.06. The summed E-state index contributed by atoms with van der Waals surface area (Å²) in [6, 6.07) is 0.745. The predicted molar refractivity (Wildman–Crippen MR) is 76.0 cm³/mol. The van der Waals surface area contributed by atoms with E-state index in [1.54, 1.807) is 0 Å². The smallest absolute Gasteiger partial charge is 0.131 e. The second-order valence-corrected chi connectivity index (χ2v) is 5.21. The van der Waals surface area contributed by atoms with Gasteiger partial charge in [0.15, 0.2) is 0 Å². The van der Waals surface area contributed by atoms with Gasteiger partial charge in [0.1, 0.15) is 5.82 Å². The van der Waals surface area contributed by atoms with E-state index in [-0.39, 0.29) is 0 Å². The largest absolute Gasteiger partial charge is 0.354 e. The van der Waals surface area contributed by atoms with Crippen LogP contribution in [0.1, 0.15) is 44.4 Å². The summed E-state index contributed by atoms with van der Waals surface area (Å²) in [4.78, 5) is 2.52. The fourth-order valence-corrected chi connectivity index (χ4v) is 2.61. The second kappa shape index (κ2) is 5.74. The third-order valence-corrected chi connectivity index (χ3v) is 3.64. The lowest BCUT2D eigenvalue weighted by atomic mass is 10.2. The quantitative estimate of drug-likeness (QED) is 0.753. The van der Waals surface area contributed by atoms with Crippen LogP contribution in [0.25, 0.3) is 0 Å². The lowest BCUT2D eigenvalue weighted by Crippen LogP contribution is -2.29. The summed E-state index contributed by atoms with van der Waals surface area (Å²) in [6.45, 7) is 9.64. The molecule has 4 heteroatoms. The van der Waals surface area contributed by atoms with Crippen molar-refractivity contribution in [1.29, 1.82) is 0 Å². The molecule has 1 aromatic rings. The van der Waals surface area contributed by atoms with Crippen LogP contribution in [-0.4, -0.2) is 28.9 Å². The number of rotatable bonds is 7. The van der Waals surface area contributed by atoms with Gasteiger partial charge in [-0.1, -0.05) is 6.92 Å². The summed E-state index contributed by atoms with van der Waals surface area (Å²) in [7, 11) is 2.07. The number of anilines is 1. The molecule has 0 aromatic carbocycles. The van der Waals surface area contributed by atoms with E-state index in [1.165, 1.54) is 30.6 Å². The molecule has 0 unspecified atom stereocenters. The molecular formula is C14H26N4. The molecule has 1 N–H and O–H groups in total. The van der Waals surface area contributed by atoms with Gasteiger partial charge in [-0.2, -0.15) is 5.10 Å². The number of nitrogens with zero attached hydrogens (tertiary/aromatic N) is 3. The van der Waals surface area contributed by atoms with Gasteiger partial charge in [-0.05, 0) is 39.7 Å². The van der Waals surface area contributed by atoms with Crippen LogP contribution in [0.3, 0.4) is 0 Å². The van der Waals surface area contributed by atoms with Crippen molar-refractivity contribution in [2.45, 2.75) is 52.6 Å². The summed E-state index contributed by atoms with van der Waals surface area (Å²) in [5, 5.41) is 8.11. The predicted octanol–water partition coefficient (Wildman–Crippen LogP) is 2.22. The van der Waals surface area contributed by atoms with Crippen LogP contribution in [0.5, 0.6) is 0 Å². The number of aryl methyl sites for hydroxylation is 2. The highest BCUT2D eigenvalue weighted by atomic mass is 15.4. The van der Waals surface area contributed by atoms with Gasteiger partial charge in [0, 0.05) is 31.7 Å². The maximum Gasteiger partial charge on any atom is 0.131 e. The minimum Gasteiger partial charge on any atom is -0.354 e. The molecule has 1 saturated carbocycles. The van der Waals surface area contributed by atoms with E-state index in [0.29, 0.717) is 0 Å². The van der Waals surface area contributed by atoms with Gasteiger partial charge in [0.05, 0.1) is 5.69 Å². The maximum absolute atomic E-state index is 4.60. The molecule has 4 nitrogen and oxygen atoms in total. The van der Waals surface area contributed by atoms with Crippen LogP contribution in [0.2, 0.25) is 0 Å². The normalized spacial score (nSPS) is 15.1. The lowest BCUT2D eigenvalue weighted by Gasteiger charge is -2.24. The van der Waals surface area contributed by atoms with E-state index in [9.17, 15) is 0 Å². The van der Waals surface area contributed by atoms with Crippen LogP contribution in [0.15, 0.2) is 0 Å². The molecule has 1 aromatic heterocycles. The molecule has 0 aliphatic heterocycles. The SMILES string of the molecule is CCCNCc1c(C)nn(C)c1N(CC)C1CC1. The molecule has 0 amide bonds. The van der Waals surface area contributed by atoms with E-state index in [2.05, 4.69) is 47.8 Å². The van der Waals surface area contributed by atoms with E-state index in [0.717, 1.165) is 31.4 Å². The molecule has 0 atom stereocenters. The average Bonchev–Trinajstić information content (AvgIpc) is 3.12. The first-order chi connectivity index (χ1) is 8.69. The van der Waals surface area contributed by atoms with Gasteiger partial charge in [-0.15, -0.1) is 0 Å². The van der Waals surface area contributed by atoms with Gasteiger partial charge in [0.2, 0.25) is 0 Å². The van der Waals surface area contributed by atoms with Crippen LogP contribution < -0.4 is 10.2 Å². The van der Waals surface area contributed by atoms with E-state index >= 15 is 0 Å². The third kappa shape index (κ3) is 2.69. The maximum atomic E-state index is 4.60. The molecule has 0 radical (unpaired) electrons. The zero-order chi connectivity index (χ0) is 13.1. The van der Waals surface area contributed by atoms with Crippen molar-refractivity contribution in [2.24, 2.45) is 7.05 Å². The Labute approximate surface area is 110 Å². The Bertz CT molecular complexity index is 393. The van der Waals surface area contributed by atoms with Gasteiger partial charge in [-0.3, -0.25) is 4.68 Å².